The van der Waals surface area contributed by atoms with Gasteiger partial charge >= 0.3 is 0 Å². The summed E-state index contributed by atoms with van der Waals surface area (Å²) in [5.41, 5.74) is 5.78. The first-order valence-electron chi connectivity index (χ1n) is 7.92. The Kier molecular flexibility index (Phi) is 8.45. The predicted octanol–water partition coefficient (Wildman–Crippen LogP) is 1.88. The Balaban J connectivity index is 0.00000288. The van der Waals surface area contributed by atoms with E-state index >= 15 is 0 Å². The van der Waals surface area contributed by atoms with Gasteiger partial charge in [0.1, 0.15) is 12.4 Å². The summed E-state index contributed by atoms with van der Waals surface area (Å²) in [6.07, 6.45) is 1.68. The van der Waals surface area contributed by atoms with Gasteiger partial charge in [0.05, 0.1) is 11.5 Å². The van der Waals surface area contributed by atoms with E-state index in [0.29, 0.717) is 38.0 Å². The largest absolute Gasteiger partial charge is 0.491 e. The highest BCUT2D eigenvalue weighted by Crippen LogP contribution is 2.28. The number of nitrogens with zero attached hydrogens (tertiary/aromatic N) is 1. The van der Waals surface area contributed by atoms with Crippen molar-refractivity contribution in [3.05, 3.63) is 24.3 Å². The Bertz CT molecular complexity index is 595. The standard InChI is InChI=1S/C16H26N2O4S.ClH/c1-13-7-8-18(14(11-13)12-17)23(19,20)16-5-3-15(4-6-16)22-10-9-21-2;/h3-6,13-14H,7-12,17H2,1-2H3;1H. The maximum Gasteiger partial charge on any atom is 0.243 e. The number of nitrogens with two attached hydrogens (primary N) is 1. The first-order valence-corrected chi connectivity index (χ1v) is 9.36. The lowest BCUT2D eigenvalue weighted by Crippen LogP contribution is -2.49. The molecular formula is C16H27ClN2O4S. The number of halogens is 1. The Morgan fingerprint density at radius 3 is 2.50 bits per heavy atom. The van der Waals surface area contributed by atoms with Gasteiger partial charge in [0.15, 0.2) is 0 Å². The summed E-state index contributed by atoms with van der Waals surface area (Å²) in [6, 6.07) is 6.40. The molecule has 0 bridgehead atoms. The van der Waals surface area contributed by atoms with Gasteiger partial charge in [0.2, 0.25) is 10.0 Å². The number of rotatable bonds is 7. The lowest BCUT2D eigenvalue weighted by atomic mass is 9.94. The van der Waals surface area contributed by atoms with Gasteiger partial charge in [-0.25, -0.2) is 8.42 Å². The number of hydrogen-bond donors (Lipinski definition) is 1. The molecule has 1 aromatic carbocycles. The topological polar surface area (TPSA) is 81.9 Å². The van der Waals surface area contributed by atoms with E-state index in [0.717, 1.165) is 12.8 Å². The monoisotopic (exact) mass is 378 g/mol. The van der Waals surface area contributed by atoms with Crippen LogP contribution in [0, 0.1) is 5.92 Å². The van der Waals surface area contributed by atoms with Crippen molar-refractivity contribution in [1.82, 2.24) is 4.31 Å². The molecule has 2 unspecified atom stereocenters. The Morgan fingerprint density at radius 2 is 1.92 bits per heavy atom. The van der Waals surface area contributed by atoms with E-state index < -0.39 is 10.0 Å². The third-order valence-electron chi connectivity index (χ3n) is 4.18. The van der Waals surface area contributed by atoms with Crippen LogP contribution in [0.5, 0.6) is 5.75 Å². The zero-order valence-electron chi connectivity index (χ0n) is 14.2. The number of sulfonamides is 1. The van der Waals surface area contributed by atoms with Crippen LogP contribution in [0.1, 0.15) is 19.8 Å². The molecule has 2 atom stereocenters. The highest BCUT2D eigenvalue weighted by Gasteiger charge is 2.34. The molecule has 0 amide bonds. The van der Waals surface area contributed by atoms with E-state index in [2.05, 4.69) is 6.92 Å². The van der Waals surface area contributed by atoms with Gasteiger partial charge in [-0.1, -0.05) is 6.92 Å². The van der Waals surface area contributed by atoms with Gasteiger partial charge in [-0.15, -0.1) is 12.4 Å². The second kappa shape index (κ2) is 9.58. The van der Waals surface area contributed by atoms with Gasteiger partial charge in [-0.3, -0.25) is 0 Å². The molecule has 1 saturated heterocycles. The van der Waals surface area contributed by atoms with Crippen molar-refractivity contribution in [2.75, 3.05) is 33.4 Å². The van der Waals surface area contributed by atoms with Crippen LogP contribution in [-0.2, 0) is 14.8 Å². The first-order chi connectivity index (χ1) is 11.0. The van der Waals surface area contributed by atoms with Crippen LogP contribution in [0.15, 0.2) is 29.2 Å². The molecule has 2 N–H and O–H groups in total. The normalized spacial score (nSPS) is 22.0. The predicted molar refractivity (Wildman–Crippen MR) is 96.2 cm³/mol. The average Bonchev–Trinajstić information content (AvgIpc) is 2.55. The van der Waals surface area contributed by atoms with Gasteiger partial charge in [0, 0.05) is 26.2 Å². The molecule has 1 heterocycles. The van der Waals surface area contributed by atoms with Crippen molar-refractivity contribution >= 4 is 22.4 Å². The quantitative estimate of drug-likeness (QED) is 0.732. The lowest BCUT2D eigenvalue weighted by molar-refractivity contribution is 0.146. The van der Waals surface area contributed by atoms with E-state index in [4.69, 9.17) is 15.2 Å². The molecule has 0 aliphatic carbocycles. The van der Waals surface area contributed by atoms with Gasteiger partial charge in [-0.05, 0) is 43.0 Å². The molecule has 1 aliphatic rings. The van der Waals surface area contributed by atoms with Crippen molar-refractivity contribution in [2.24, 2.45) is 11.7 Å². The van der Waals surface area contributed by atoms with E-state index in [9.17, 15) is 8.42 Å². The molecule has 2 rings (SSSR count). The summed E-state index contributed by atoms with van der Waals surface area (Å²) in [6.45, 7) is 3.93. The Morgan fingerprint density at radius 1 is 1.25 bits per heavy atom. The minimum Gasteiger partial charge on any atom is -0.491 e. The zero-order chi connectivity index (χ0) is 16.9. The van der Waals surface area contributed by atoms with E-state index in [-0.39, 0.29) is 23.3 Å². The summed E-state index contributed by atoms with van der Waals surface area (Å²) in [5.74, 6) is 1.13. The van der Waals surface area contributed by atoms with Crippen LogP contribution in [-0.4, -0.2) is 52.2 Å². The summed E-state index contributed by atoms with van der Waals surface area (Å²) >= 11 is 0. The van der Waals surface area contributed by atoms with Crippen LogP contribution in [0.4, 0.5) is 0 Å². The first kappa shape index (κ1) is 21.2. The fourth-order valence-corrected chi connectivity index (χ4v) is 4.51. The number of benzene rings is 1. The van der Waals surface area contributed by atoms with E-state index in [1.165, 1.54) is 0 Å². The minimum absolute atomic E-state index is 0. The molecule has 24 heavy (non-hydrogen) atoms. The minimum atomic E-state index is -3.52. The number of methoxy groups -OCH3 is 1. The smallest absolute Gasteiger partial charge is 0.243 e. The highest BCUT2D eigenvalue weighted by molar-refractivity contribution is 7.89. The van der Waals surface area contributed by atoms with Crippen LogP contribution in [0.25, 0.3) is 0 Å². The third-order valence-corrected chi connectivity index (χ3v) is 6.15. The molecule has 0 saturated carbocycles. The van der Waals surface area contributed by atoms with Gasteiger partial charge < -0.3 is 15.2 Å². The summed E-state index contributed by atoms with van der Waals surface area (Å²) < 4.78 is 37.6. The summed E-state index contributed by atoms with van der Waals surface area (Å²) in [7, 11) is -1.91. The average molecular weight is 379 g/mol. The van der Waals surface area contributed by atoms with E-state index in [1.54, 1.807) is 35.7 Å². The van der Waals surface area contributed by atoms with Crippen LogP contribution < -0.4 is 10.5 Å². The summed E-state index contributed by atoms with van der Waals surface area (Å²) in [4.78, 5) is 0.282. The fourth-order valence-electron chi connectivity index (χ4n) is 2.85. The SMILES string of the molecule is COCCOc1ccc(S(=O)(=O)N2CCC(C)CC2CN)cc1.Cl. The molecule has 1 fully saturated rings. The molecule has 1 aromatic rings. The molecule has 0 spiro atoms. The summed E-state index contributed by atoms with van der Waals surface area (Å²) in [5, 5.41) is 0. The van der Waals surface area contributed by atoms with E-state index in [1.807, 2.05) is 0 Å². The maximum atomic E-state index is 12.8. The zero-order valence-corrected chi connectivity index (χ0v) is 15.8. The van der Waals surface area contributed by atoms with Crippen LogP contribution >= 0.6 is 12.4 Å². The second-order valence-corrected chi connectivity index (χ2v) is 7.84. The molecule has 138 valence electrons. The third kappa shape index (κ3) is 5.07. The number of piperidine rings is 1. The van der Waals surface area contributed by atoms with Gasteiger partial charge in [0.25, 0.3) is 0 Å². The molecule has 6 nitrogen and oxygen atoms in total. The van der Waals surface area contributed by atoms with Crippen molar-refractivity contribution < 1.29 is 17.9 Å². The van der Waals surface area contributed by atoms with Crippen molar-refractivity contribution in [3.8, 4) is 5.75 Å². The molecule has 0 radical (unpaired) electrons. The van der Waals surface area contributed by atoms with Crippen LogP contribution in [0.2, 0.25) is 0 Å². The van der Waals surface area contributed by atoms with Crippen molar-refractivity contribution in [2.45, 2.75) is 30.7 Å². The Hall–Kier alpha value is -0.860. The highest BCUT2D eigenvalue weighted by atomic mass is 35.5. The molecule has 8 heteroatoms. The molecule has 0 aromatic heterocycles. The Labute approximate surface area is 150 Å². The second-order valence-electron chi connectivity index (χ2n) is 5.95. The maximum absolute atomic E-state index is 12.8. The number of hydrogen-bond acceptors (Lipinski definition) is 5. The molecular weight excluding hydrogens is 352 g/mol. The van der Waals surface area contributed by atoms with Crippen molar-refractivity contribution in [3.63, 3.8) is 0 Å². The van der Waals surface area contributed by atoms with Crippen molar-refractivity contribution in [1.29, 1.82) is 0 Å². The lowest BCUT2D eigenvalue weighted by Gasteiger charge is -2.36. The van der Waals surface area contributed by atoms with Crippen LogP contribution in [0.3, 0.4) is 0 Å². The molecule has 1 aliphatic heterocycles. The fraction of sp³-hybridized carbons (Fsp3) is 0.625. The number of ether oxygens (including phenoxy) is 2. The van der Waals surface area contributed by atoms with Gasteiger partial charge in [-0.2, -0.15) is 4.31 Å².